The lowest BCUT2D eigenvalue weighted by Gasteiger charge is -2.06. The zero-order valence-electron chi connectivity index (χ0n) is 9.72. The number of oxime groups is 1. The Morgan fingerprint density at radius 2 is 1.86 bits per heavy atom. The molecule has 0 bridgehead atoms. The number of carbonyl (C=O) groups is 3. The van der Waals surface area contributed by atoms with Crippen LogP contribution in [-0.4, -0.2) is 33.3 Å². The molecule has 108 valence electrons. The van der Waals surface area contributed by atoms with Crippen molar-refractivity contribution in [1.29, 1.82) is 0 Å². The molecule has 0 aromatic heterocycles. The Bertz CT molecular complexity index is 758. The van der Waals surface area contributed by atoms with Crippen molar-refractivity contribution >= 4 is 34.6 Å². The van der Waals surface area contributed by atoms with Gasteiger partial charge in [0, 0.05) is 6.07 Å². The number of anilines is 1. The van der Waals surface area contributed by atoms with E-state index < -0.39 is 56.7 Å². The van der Waals surface area contributed by atoms with Crippen LogP contribution in [0, 0.1) is 21.7 Å². The van der Waals surface area contributed by atoms with E-state index >= 15 is 0 Å². The molecule has 9 nitrogen and oxygen atoms in total. The number of halogens is 2. The van der Waals surface area contributed by atoms with Gasteiger partial charge in [-0.15, -0.1) is 0 Å². The van der Waals surface area contributed by atoms with Gasteiger partial charge in [0.1, 0.15) is 5.56 Å². The SMILES string of the molecule is O=C1Nc2cc(F)c(F)c([N+](=O)[O-])c2C(=O)/C(=N/O)C1=O. The van der Waals surface area contributed by atoms with E-state index in [0.717, 1.165) is 0 Å². The second-order valence-corrected chi connectivity index (χ2v) is 3.76. The molecule has 1 aromatic rings. The molecule has 0 saturated heterocycles. The number of ketones is 2. The molecule has 2 N–H and O–H groups in total. The zero-order valence-corrected chi connectivity index (χ0v) is 9.72. The number of nitro benzene ring substituents is 1. The Morgan fingerprint density at radius 3 is 2.38 bits per heavy atom. The predicted octanol–water partition coefficient (Wildman–Crippen LogP) is 0.407. The molecule has 1 heterocycles. The maximum absolute atomic E-state index is 13.5. The zero-order chi connectivity index (χ0) is 15.9. The number of carbonyl (C=O) groups excluding carboxylic acids is 3. The minimum Gasteiger partial charge on any atom is -0.410 e. The summed E-state index contributed by atoms with van der Waals surface area (Å²) in [5, 5.41) is 23.4. The van der Waals surface area contributed by atoms with Gasteiger partial charge in [0.25, 0.3) is 11.7 Å². The van der Waals surface area contributed by atoms with Crippen molar-refractivity contribution in [3.63, 3.8) is 0 Å². The second-order valence-electron chi connectivity index (χ2n) is 3.76. The van der Waals surface area contributed by atoms with Gasteiger partial charge >= 0.3 is 5.69 Å². The van der Waals surface area contributed by atoms with Gasteiger partial charge in [0.15, 0.2) is 5.82 Å². The van der Waals surface area contributed by atoms with Gasteiger partial charge in [-0.25, -0.2) is 4.39 Å². The molecule has 0 saturated carbocycles. The van der Waals surface area contributed by atoms with Crippen molar-refractivity contribution in [2.75, 3.05) is 5.32 Å². The van der Waals surface area contributed by atoms with Crippen LogP contribution in [0.25, 0.3) is 0 Å². The number of nitro groups is 1. The number of nitrogens with one attached hydrogen (secondary N) is 1. The number of Topliss-reactive ketones (excluding diaryl/α,β-unsaturated/α-hetero) is 2. The molecule has 0 spiro atoms. The summed E-state index contributed by atoms with van der Waals surface area (Å²) in [7, 11) is 0. The summed E-state index contributed by atoms with van der Waals surface area (Å²) < 4.78 is 26.8. The minimum atomic E-state index is -1.95. The monoisotopic (exact) mass is 299 g/mol. The van der Waals surface area contributed by atoms with Crippen LogP contribution in [0.2, 0.25) is 0 Å². The Labute approximate surface area is 113 Å². The molecule has 2 rings (SSSR count). The standard InChI is InChI=1S/C10H3F2N3O6/c11-2-1-3-4(7(5(2)12)15(20)21)8(16)6(14-19)9(17)10(18)13-3/h1,19H,(H,13,18)/b14-6-. The summed E-state index contributed by atoms with van der Waals surface area (Å²) in [6.07, 6.45) is 0. The molecule has 0 fully saturated rings. The van der Waals surface area contributed by atoms with Crippen molar-refractivity contribution in [2.45, 2.75) is 0 Å². The minimum absolute atomic E-state index is 0.307. The highest BCUT2D eigenvalue weighted by atomic mass is 19.2. The Balaban J connectivity index is 2.90. The van der Waals surface area contributed by atoms with Crippen molar-refractivity contribution in [3.05, 3.63) is 33.4 Å². The van der Waals surface area contributed by atoms with Crippen LogP contribution in [0.4, 0.5) is 20.2 Å². The molecule has 1 aliphatic rings. The van der Waals surface area contributed by atoms with Gasteiger partial charge in [0.05, 0.1) is 10.6 Å². The van der Waals surface area contributed by atoms with Crippen LogP contribution in [0.1, 0.15) is 10.4 Å². The van der Waals surface area contributed by atoms with E-state index in [4.69, 9.17) is 5.21 Å². The van der Waals surface area contributed by atoms with Crippen LogP contribution in [0.15, 0.2) is 11.2 Å². The number of amides is 1. The Kier molecular flexibility index (Phi) is 3.17. The predicted molar refractivity (Wildman–Crippen MR) is 60.2 cm³/mol. The largest absolute Gasteiger partial charge is 0.410 e. The van der Waals surface area contributed by atoms with E-state index in [1.165, 1.54) is 0 Å². The highest BCUT2D eigenvalue weighted by Gasteiger charge is 2.41. The van der Waals surface area contributed by atoms with Crippen molar-refractivity contribution in [1.82, 2.24) is 0 Å². The Hall–Kier alpha value is -3.24. The van der Waals surface area contributed by atoms with E-state index in [1.54, 1.807) is 5.32 Å². The molecule has 1 aliphatic heterocycles. The first-order chi connectivity index (χ1) is 9.79. The van der Waals surface area contributed by atoms with Gasteiger partial charge in [0.2, 0.25) is 17.3 Å². The van der Waals surface area contributed by atoms with E-state index in [2.05, 4.69) is 5.16 Å². The molecule has 0 radical (unpaired) electrons. The molecule has 0 aliphatic carbocycles. The molecular weight excluding hydrogens is 296 g/mol. The summed E-state index contributed by atoms with van der Waals surface area (Å²) in [6, 6.07) is 0.307. The molecule has 11 heteroatoms. The number of nitrogens with zero attached hydrogens (tertiary/aromatic N) is 2. The lowest BCUT2D eigenvalue weighted by atomic mass is 10.0. The first kappa shape index (κ1) is 14.2. The lowest BCUT2D eigenvalue weighted by molar-refractivity contribution is -0.387. The van der Waals surface area contributed by atoms with E-state index in [1.807, 2.05) is 0 Å². The third kappa shape index (κ3) is 2.00. The summed E-state index contributed by atoms with van der Waals surface area (Å²) in [6.45, 7) is 0. The highest BCUT2D eigenvalue weighted by Crippen LogP contribution is 2.33. The molecule has 0 unspecified atom stereocenters. The number of hydrogen-bond acceptors (Lipinski definition) is 7. The normalized spacial score (nSPS) is 16.5. The van der Waals surface area contributed by atoms with Gasteiger partial charge in [-0.1, -0.05) is 5.16 Å². The summed E-state index contributed by atoms with van der Waals surface area (Å²) in [4.78, 5) is 44.1. The number of benzene rings is 1. The van der Waals surface area contributed by atoms with Gasteiger partial charge in [-0.05, 0) is 0 Å². The third-order valence-corrected chi connectivity index (χ3v) is 2.59. The number of hydrogen-bond donors (Lipinski definition) is 2. The Morgan fingerprint density at radius 1 is 1.24 bits per heavy atom. The maximum atomic E-state index is 13.5. The fourth-order valence-electron chi connectivity index (χ4n) is 1.71. The first-order valence-electron chi connectivity index (χ1n) is 5.08. The van der Waals surface area contributed by atoms with E-state index in [-0.39, 0.29) is 0 Å². The first-order valence-corrected chi connectivity index (χ1v) is 5.08. The lowest BCUT2D eigenvalue weighted by Crippen LogP contribution is -2.31. The second kappa shape index (κ2) is 4.70. The number of fused-ring (bicyclic) bond motifs is 1. The van der Waals surface area contributed by atoms with Crippen LogP contribution in [0.3, 0.4) is 0 Å². The fourth-order valence-corrected chi connectivity index (χ4v) is 1.71. The van der Waals surface area contributed by atoms with Crippen molar-refractivity contribution in [2.24, 2.45) is 5.16 Å². The van der Waals surface area contributed by atoms with Crippen molar-refractivity contribution < 1.29 is 33.3 Å². The molecule has 1 amide bonds. The molecule has 0 atom stereocenters. The summed E-state index contributed by atoms with van der Waals surface area (Å²) >= 11 is 0. The summed E-state index contributed by atoms with van der Waals surface area (Å²) in [5.41, 5.74) is -4.79. The quantitative estimate of drug-likeness (QED) is 0.333. The molecule has 1 aromatic carbocycles. The topological polar surface area (TPSA) is 139 Å². The van der Waals surface area contributed by atoms with Crippen molar-refractivity contribution in [3.8, 4) is 0 Å². The van der Waals surface area contributed by atoms with Crippen LogP contribution >= 0.6 is 0 Å². The van der Waals surface area contributed by atoms with Gasteiger partial charge in [-0.2, -0.15) is 4.39 Å². The van der Waals surface area contributed by atoms with Crippen LogP contribution in [-0.2, 0) is 9.59 Å². The summed E-state index contributed by atoms with van der Waals surface area (Å²) in [5.74, 6) is -8.33. The van der Waals surface area contributed by atoms with Crippen LogP contribution in [0.5, 0.6) is 0 Å². The van der Waals surface area contributed by atoms with Gasteiger partial charge in [-0.3, -0.25) is 24.5 Å². The molecule has 21 heavy (non-hydrogen) atoms. The van der Waals surface area contributed by atoms with E-state index in [0.29, 0.717) is 6.07 Å². The van der Waals surface area contributed by atoms with E-state index in [9.17, 15) is 33.3 Å². The number of rotatable bonds is 1. The smallest absolute Gasteiger partial charge is 0.321 e. The average Bonchev–Trinajstić information content (AvgIpc) is 2.49. The molecular formula is C10H3F2N3O6. The fraction of sp³-hybridized carbons (Fsp3) is 0. The average molecular weight is 299 g/mol. The van der Waals surface area contributed by atoms with Crippen LogP contribution < -0.4 is 5.32 Å². The third-order valence-electron chi connectivity index (χ3n) is 2.59. The highest BCUT2D eigenvalue weighted by molar-refractivity contribution is 6.83. The van der Waals surface area contributed by atoms with Gasteiger partial charge < -0.3 is 10.5 Å². The maximum Gasteiger partial charge on any atom is 0.321 e.